The Bertz CT molecular complexity index is 339. The van der Waals surface area contributed by atoms with Crippen LogP contribution in [0.2, 0.25) is 0 Å². The normalized spacial score (nSPS) is 18.1. The number of aryl methyl sites for hydroxylation is 1. The molecule has 1 aromatic rings. The number of piperidine rings is 1. The maximum atomic E-state index is 4.36. The van der Waals surface area contributed by atoms with Gasteiger partial charge in [-0.15, -0.1) is 0 Å². The molecule has 1 aliphatic rings. The van der Waals surface area contributed by atoms with Crippen LogP contribution in [0.15, 0.2) is 18.3 Å². The maximum absolute atomic E-state index is 4.36. The van der Waals surface area contributed by atoms with E-state index in [1.807, 2.05) is 13.1 Å². The molecule has 18 heavy (non-hydrogen) atoms. The predicted molar refractivity (Wildman–Crippen MR) is 75.5 cm³/mol. The van der Waals surface area contributed by atoms with Crippen molar-refractivity contribution in [2.45, 2.75) is 33.2 Å². The summed E-state index contributed by atoms with van der Waals surface area (Å²) < 4.78 is 0. The van der Waals surface area contributed by atoms with Crippen molar-refractivity contribution >= 4 is 0 Å². The Labute approximate surface area is 111 Å². The molecular weight excluding hydrogens is 222 g/mol. The lowest BCUT2D eigenvalue weighted by molar-refractivity contribution is 0.175. The molecule has 0 aliphatic carbocycles. The summed E-state index contributed by atoms with van der Waals surface area (Å²) in [5, 5.41) is 3.46. The van der Waals surface area contributed by atoms with Crippen molar-refractivity contribution in [3.05, 3.63) is 29.6 Å². The monoisotopic (exact) mass is 247 g/mol. The molecule has 2 rings (SSSR count). The second-order valence-electron chi connectivity index (χ2n) is 5.34. The molecule has 1 N–H and O–H groups in total. The zero-order valence-electron chi connectivity index (χ0n) is 11.7. The third-order valence-electron chi connectivity index (χ3n) is 3.77. The van der Waals surface area contributed by atoms with Gasteiger partial charge in [0.25, 0.3) is 0 Å². The van der Waals surface area contributed by atoms with E-state index in [1.165, 1.54) is 38.0 Å². The summed E-state index contributed by atoms with van der Waals surface area (Å²) in [6.45, 7) is 10.0. The van der Waals surface area contributed by atoms with E-state index < -0.39 is 0 Å². The summed E-state index contributed by atoms with van der Waals surface area (Å²) in [7, 11) is 0. The zero-order valence-corrected chi connectivity index (χ0v) is 11.7. The van der Waals surface area contributed by atoms with Crippen molar-refractivity contribution in [1.82, 2.24) is 15.2 Å². The summed E-state index contributed by atoms with van der Waals surface area (Å²) in [6.07, 6.45) is 4.67. The summed E-state index contributed by atoms with van der Waals surface area (Å²) in [6, 6.07) is 4.31. The number of aromatic nitrogens is 1. The zero-order chi connectivity index (χ0) is 12.8. The van der Waals surface area contributed by atoms with Crippen molar-refractivity contribution in [2.75, 3.05) is 26.2 Å². The summed E-state index contributed by atoms with van der Waals surface area (Å²) in [5.41, 5.74) is 2.44. The SMILES string of the molecule is CCNCC1CCN(Cc2ccc(C)nc2)CC1. The summed E-state index contributed by atoms with van der Waals surface area (Å²) in [4.78, 5) is 6.91. The van der Waals surface area contributed by atoms with Gasteiger partial charge < -0.3 is 5.32 Å². The van der Waals surface area contributed by atoms with Crippen molar-refractivity contribution < 1.29 is 0 Å². The van der Waals surface area contributed by atoms with Gasteiger partial charge in [-0.3, -0.25) is 9.88 Å². The van der Waals surface area contributed by atoms with Gasteiger partial charge in [-0.2, -0.15) is 0 Å². The minimum atomic E-state index is 0.873. The van der Waals surface area contributed by atoms with Gasteiger partial charge in [-0.25, -0.2) is 0 Å². The number of hydrogen-bond acceptors (Lipinski definition) is 3. The minimum Gasteiger partial charge on any atom is -0.317 e. The first-order valence-corrected chi connectivity index (χ1v) is 7.12. The van der Waals surface area contributed by atoms with Crippen LogP contribution in [0.4, 0.5) is 0 Å². The highest BCUT2D eigenvalue weighted by molar-refractivity contribution is 5.13. The molecule has 1 saturated heterocycles. The van der Waals surface area contributed by atoms with Gasteiger partial charge in [-0.1, -0.05) is 13.0 Å². The van der Waals surface area contributed by atoms with E-state index >= 15 is 0 Å². The standard InChI is InChI=1S/C15H25N3/c1-3-16-10-14-6-8-18(9-7-14)12-15-5-4-13(2)17-11-15/h4-5,11,14,16H,3,6-10,12H2,1-2H3. The van der Waals surface area contributed by atoms with Gasteiger partial charge in [0.1, 0.15) is 0 Å². The first-order valence-electron chi connectivity index (χ1n) is 7.12. The number of pyridine rings is 1. The molecule has 100 valence electrons. The van der Waals surface area contributed by atoms with E-state index in [0.717, 1.165) is 24.7 Å². The molecule has 0 radical (unpaired) electrons. The molecule has 0 atom stereocenters. The van der Waals surface area contributed by atoms with E-state index in [2.05, 4.69) is 34.3 Å². The van der Waals surface area contributed by atoms with Gasteiger partial charge in [0.05, 0.1) is 0 Å². The summed E-state index contributed by atoms with van der Waals surface area (Å²) in [5.74, 6) is 0.873. The van der Waals surface area contributed by atoms with Crippen molar-refractivity contribution in [2.24, 2.45) is 5.92 Å². The van der Waals surface area contributed by atoms with Crippen LogP contribution in [-0.2, 0) is 6.54 Å². The highest BCUT2D eigenvalue weighted by Gasteiger charge is 2.18. The highest BCUT2D eigenvalue weighted by Crippen LogP contribution is 2.18. The second-order valence-corrected chi connectivity index (χ2v) is 5.34. The summed E-state index contributed by atoms with van der Waals surface area (Å²) >= 11 is 0. The van der Waals surface area contributed by atoms with Gasteiger partial charge in [0, 0.05) is 18.4 Å². The van der Waals surface area contributed by atoms with Crippen LogP contribution in [0.5, 0.6) is 0 Å². The molecule has 0 unspecified atom stereocenters. The molecule has 0 saturated carbocycles. The van der Waals surface area contributed by atoms with Crippen LogP contribution in [0.1, 0.15) is 31.0 Å². The van der Waals surface area contributed by atoms with Gasteiger partial charge in [-0.05, 0) is 63.5 Å². The Morgan fingerprint density at radius 2 is 2.11 bits per heavy atom. The van der Waals surface area contributed by atoms with E-state index in [4.69, 9.17) is 0 Å². The smallest absolute Gasteiger partial charge is 0.0372 e. The maximum Gasteiger partial charge on any atom is 0.0372 e. The van der Waals surface area contributed by atoms with Gasteiger partial charge >= 0.3 is 0 Å². The quantitative estimate of drug-likeness (QED) is 0.864. The minimum absolute atomic E-state index is 0.873. The molecule has 0 amide bonds. The molecule has 2 heterocycles. The Morgan fingerprint density at radius 1 is 1.33 bits per heavy atom. The Kier molecular flexibility index (Phi) is 5.14. The van der Waals surface area contributed by atoms with Crippen molar-refractivity contribution in [1.29, 1.82) is 0 Å². The second kappa shape index (κ2) is 6.86. The Balaban J connectivity index is 1.74. The Hall–Kier alpha value is -0.930. The van der Waals surface area contributed by atoms with Crippen molar-refractivity contribution in [3.8, 4) is 0 Å². The van der Waals surface area contributed by atoms with E-state index in [0.29, 0.717) is 0 Å². The lowest BCUT2D eigenvalue weighted by Gasteiger charge is -2.32. The Morgan fingerprint density at radius 3 is 2.72 bits per heavy atom. The molecule has 3 heteroatoms. The van der Waals surface area contributed by atoms with Gasteiger partial charge in [0.15, 0.2) is 0 Å². The lowest BCUT2D eigenvalue weighted by atomic mass is 9.96. The molecule has 1 fully saturated rings. The van der Waals surface area contributed by atoms with E-state index in [-0.39, 0.29) is 0 Å². The topological polar surface area (TPSA) is 28.2 Å². The average Bonchev–Trinajstić information content (AvgIpc) is 2.41. The third kappa shape index (κ3) is 4.07. The van der Waals surface area contributed by atoms with Gasteiger partial charge in [0.2, 0.25) is 0 Å². The lowest BCUT2D eigenvalue weighted by Crippen LogP contribution is -2.36. The number of likely N-dealkylation sites (tertiary alicyclic amines) is 1. The molecule has 0 spiro atoms. The van der Waals surface area contributed by atoms with Crippen LogP contribution < -0.4 is 5.32 Å². The number of rotatable bonds is 5. The number of hydrogen-bond donors (Lipinski definition) is 1. The van der Waals surface area contributed by atoms with E-state index in [9.17, 15) is 0 Å². The van der Waals surface area contributed by atoms with Crippen LogP contribution in [0, 0.1) is 12.8 Å². The largest absolute Gasteiger partial charge is 0.317 e. The first kappa shape index (κ1) is 13.5. The van der Waals surface area contributed by atoms with Crippen LogP contribution in [0.3, 0.4) is 0 Å². The van der Waals surface area contributed by atoms with Crippen molar-refractivity contribution in [3.63, 3.8) is 0 Å². The number of nitrogens with one attached hydrogen (secondary N) is 1. The predicted octanol–water partition coefficient (Wildman–Crippen LogP) is 2.21. The molecule has 0 bridgehead atoms. The fraction of sp³-hybridized carbons (Fsp3) is 0.667. The van der Waals surface area contributed by atoms with Crippen LogP contribution in [0.25, 0.3) is 0 Å². The molecule has 3 nitrogen and oxygen atoms in total. The molecular formula is C15H25N3. The van der Waals surface area contributed by atoms with E-state index in [1.54, 1.807) is 0 Å². The first-order chi connectivity index (χ1) is 8.78. The molecule has 1 aromatic heterocycles. The molecule has 0 aromatic carbocycles. The number of nitrogens with zero attached hydrogens (tertiary/aromatic N) is 2. The fourth-order valence-electron chi connectivity index (χ4n) is 2.55. The molecule has 1 aliphatic heterocycles. The fourth-order valence-corrected chi connectivity index (χ4v) is 2.55. The average molecular weight is 247 g/mol. The third-order valence-corrected chi connectivity index (χ3v) is 3.77. The van der Waals surface area contributed by atoms with Crippen LogP contribution in [-0.4, -0.2) is 36.1 Å². The highest BCUT2D eigenvalue weighted by atomic mass is 15.1. The van der Waals surface area contributed by atoms with Crippen LogP contribution >= 0.6 is 0 Å².